The van der Waals surface area contributed by atoms with Crippen molar-refractivity contribution in [1.29, 1.82) is 0 Å². The summed E-state index contributed by atoms with van der Waals surface area (Å²) in [6, 6.07) is 10.3. The minimum atomic E-state index is 0.0590. The van der Waals surface area contributed by atoms with Gasteiger partial charge in [0.1, 0.15) is 12.4 Å². The topological polar surface area (TPSA) is 55.1 Å². The molecule has 0 radical (unpaired) electrons. The number of hydrogen-bond donors (Lipinski definition) is 1. The summed E-state index contributed by atoms with van der Waals surface area (Å²) in [6.07, 6.45) is 5.78. The first-order valence-corrected chi connectivity index (χ1v) is 8.91. The Labute approximate surface area is 158 Å². The van der Waals surface area contributed by atoms with Crippen LogP contribution in [0.3, 0.4) is 0 Å². The van der Waals surface area contributed by atoms with E-state index in [1.165, 1.54) is 10.9 Å². The molecule has 0 bridgehead atoms. The van der Waals surface area contributed by atoms with E-state index >= 15 is 0 Å². The molecule has 4 rings (SSSR count). The summed E-state index contributed by atoms with van der Waals surface area (Å²) in [5.41, 5.74) is 4.38. The third-order valence-electron chi connectivity index (χ3n) is 5.02. The molecule has 0 aliphatic heterocycles. The second-order valence-electron chi connectivity index (χ2n) is 7.07. The normalized spacial score (nSPS) is 11.3. The van der Waals surface area contributed by atoms with Crippen molar-refractivity contribution in [2.24, 2.45) is 7.05 Å². The van der Waals surface area contributed by atoms with Gasteiger partial charge in [-0.3, -0.25) is 4.79 Å². The molecule has 0 fully saturated rings. The summed E-state index contributed by atoms with van der Waals surface area (Å²) in [7, 11) is 5.58. The molecule has 0 saturated heterocycles. The van der Waals surface area contributed by atoms with Crippen LogP contribution in [0.5, 0.6) is 0 Å². The van der Waals surface area contributed by atoms with Gasteiger partial charge in [-0.1, -0.05) is 6.07 Å². The summed E-state index contributed by atoms with van der Waals surface area (Å²) in [6.45, 7) is 2.41. The van der Waals surface area contributed by atoms with Crippen molar-refractivity contribution in [2.45, 2.75) is 13.5 Å². The van der Waals surface area contributed by atoms with Crippen molar-refractivity contribution in [3.8, 4) is 0 Å². The number of nitrogens with one attached hydrogen (secondary N) is 1. The number of pyridine rings is 1. The Morgan fingerprint density at radius 1 is 1.07 bits per heavy atom. The number of amides is 1. The van der Waals surface area contributed by atoms with E-state index in [0.29, 0.717) is 6.54 Å². The fourth-order valence-electron chi connectivity index (χ4n) is 3.39. The first-order valence-electron chi connectivity index (χ1n) is 8.91. The van der Waals surface area contributed by atoms with Crippen molar-refractivity contribution >= 4 is 39.2 Å². The molecule has 0 saturated carbocycles. The molecule has 1 amide bonds. The van der Waals surface area contributed by atoms with Crippen LogP contribution in [0.25, 0.3) is 21.8 Å². The van der Waals surface area contributed by atoms with E-state index in [1.54, 1.807) is 25.2 Å². The zero-order valence-electron chi connectivity index (χ0n) is 16.0. The Bertz CT molecular complexity index is 1150. The highest BCUT2D eigenvalue weighted by Gasteiger charge is 2.13. The molecule has 0 aliphatic carbocycles. The maximum atomic E-state index is 12.1. The zero-order valence-corrected chi connectivity index (χ0v) is 16.0. The van der Waals surface area contributed by atoms with Crippen LogP contribution in [0.4, 0.5) is 11.5 Å². The molecule has 1 N–H and O–H groups in total. The molecule has 1 aromatic carbocycles. The van der Waals surface area contributed by atoms with Gasteiger partial charge in [0.15, 0.2) is 0 Å². The number of rotatable bonds is 4. The molecule has 138 valence electrons. The number of hydrogen-bond acceptors (Lipinski definition) is 3. The minimum absolute atomic E-state index is 0.0590. The van der Waals surface area contributed by atoms with Gasteiger partial charge in [-0.25, -0.2) is 4.98 Å². The van der Waals surface area contributed by atoms with Gasteiger partial charge in [0, 0.05) is 56.0 Å². The predicted molar refractivity (Wildman–Crippen MR) is 109 cm³/mol. The van der Waals surface area contributed by atoms with Crippen molar-refractivity contribution in [1.82, 2.24) is 19.0 Å². The van der Waals surface area contributed by atoms with E-state index in [-0.39, 0.29) is 5.91 Å². The van der Waals surface area contributed by atoms with Crippen LogP contribution in [0.15, 0.2) is 48.9 Å². The van der Waals surface area contributed by atoms with Gasteiger partial charge in [0.2, 0.25) is 5.91 Å². The zero-order chi connectivity index (χ0) is 19.1. The molecular weight excluding hydrogens is 338 g/mol. The van der Waals surface area contributed by atoms with Gasteiger partial charge >= 0.3 is 0 Å². The fraction of sp³-hybridized carbons (Fsp3) is 0.238. The van der Waals surface area contributed by atoms with E-state index in [2.05, 4.69) is 46.2 Å². The number of aryl methyl sites for hydroxylation is 2. The molecule has 0 spiro atoms. The van der Waals surface area contributed by atoms with Crippen molar-refractivity contribution in [2.75, 3.05) is 19.4 Å². The summed E-state index contributed by atoms with van der Waals surface area (Å²) < 4.78 is 4.07. The summed E-state index contributed by atoms with van der Waals surface area (Å²) in [4.78, 5) is 18.3. The third-order valence-corrected chi connectivity index (χ3v) is 5.02. The van der Waals surface area contributed by atoms with Gasteiger partial charge in [0.25, 0.3) is 0 Å². The third kappa shape index (κ3) is 2.93. The van der Waals surface area contributed by atoms with E-state index < -0.39 is 0 Å². The Hall–Kier alpha value is -3.28. The highest BCUT2D eigenvalue weighted by Crippen LogP contribution is 2.32. The number of fused-ring (bicyclic) bond motifs is 2. The van der Waals surface area contributed by atoms with Crippen molar-refractivity contribution in [3.63, 3.8) is 0 Å². The molecule has 3 aromatic heterocycles. The Morgan fingerprint density at radius 2 is 1.85 bits per heavy atom. The molecule has 4 aromatic rings. The lowest BCUT2D eigenvalue weighted by atomic mass is 10.1. The molecule has 3 heterocycles. The first-order chi connectivity index (χ1) is 13.0. The van der Waals surface area contributed by atoms with E-state index in [9.17, 15) is 4.79 Å². The van der Waals surface area contributed by atoms with Gasteiger partial charge in [-0.05, 0) is 36.8 Å². The smallest absolute Gasteiger partial charge is 0.241 e. The van der Waals surface area contributed by atoms with Crippen LogP contribution in [-0.2, 0) is 18.4 Å². The predicted octanol–water partition coefficient (Wildman–Crippen LogP) is 3.67. The van der Waals surface area contributed by atoms with Gasteiger partial charge in [-0.2, -0.15) is 0 Å². The standard InChI is InChI=1S/C21H23N5O/c1-14-5-6-17-15(8-11-25(17)4)20(14)23-21-16-9-12-26(13-19(27)24(2)3)18(16)7-10-22-21/h5-12H,13H2,1-4H3,(H,22,23). The van der Waals surface area contributed by atoms with Crippen LogP contribution >= 0.6 is 0 Å². The summed E-state index contributed by atoms with van der Waals surface area (Å²) in [5.74, 6) is 0.853. The Balaban J connectivity index is 1.77. The Morgan fingerprint density at radius 3 is 2.63 bits per heavy atom. The van der Waals surface area contributed by atoms with Gasteiger partial charge in [0.05, 0.1) is 11.2 Å². The quantitative estimate of drug-likeness (QED) is 0.603. The molecule has 27 heavy (non-hydrogen) atoms. The number of anilines is 2. The molecule has 0 unspecified atom stereocenters. The van der Waals surface area contributed by atoms with E-state index in [4.69, 9.17) is 0 Å². The monoisotopic (exact) mass is 361 g/mol. The number of likely N-dealkylation sites (N-methyl/N-ethyl adjacent to an activating group) is 1. The number of aromatic nitrogens is 3. The summed E-state index contributed by atoms with van der Waals surface area (Å²) in [5, 5.41) is 5.69. The molecular formula is C21H23N5O. The molecule has 6 heteroatoms. The Kier molecular flexibility index (Phi) is 4.11. The van der Waals surface area contributed by atoms with Crippen LogP contribution in [0.1, 0.15) is 5.56 Å². The average Bonchev–Trinajstić information content (AvgIpc) is 3.22. The second-order valence-corrected chi connectivity index (χ2v) is 7.07. The largest absolute Gasteiger partial charge is 0.350 e. The number of carbonyl (C=O) groups excluding carboxylic acids is 1. The van der Waals surface area contributed by atoms with E-state index in [1.807, 2.05) is 29.9 Å². The van der Waals surface area contributed by atoms with Crippen LogP contribution in [0, 0.1) is 6.92 Å². The van der Waals surface area contributed by atoms with Crippen LogP contribution in [-0.4, -0.2) is 39.0 Å². The van der Waals surface area contributed by atoms with Crippen molar-refractivity contribution in [3.05, 3.63) is 54.5 Å². The maximum absolute atomic E-state index is 12.1. The number of nitrogens with zero attached hydrogens (tertiary/aromatic N) is 4. The van der Waals surface area contributed by atoms with Crippen molar-refractivity contribution < 1.29 is 4.79 Å². The summed E-state index contributed by atoms with van der Waals surface area (Å²) >= 11 is 0. The average molecular weight is 361 g/mol. The van der Waals surface area contributed by atoms with Gasteiger partial charge < -0.3 is 19.4 Å². The van der Waals surface area contributed by atoms with Gasteiger partial charge in [-0.15, -0.1) is 0 Å². The highest BCUT2D eigenvalue weighted by molar-refractivity contribution is 5.99. The molecule has 0 aliphatic rings. The fourth-order valence-corrected chi connectivity index (χ4v) is 3.39. The van der Waals surface area contributed by atoms with Crippen LogP contribution < -0.4 is 5.32 Å². The lowest BCUT2D eigenvalue weighted by Crippen LogP contribution is -2.25. The maximum Gasteiger partial charge on any atom is 0.241 e. The minimum Gasteiger partial charge on any atom is -0.350 e. The lowest BCUT2D eigenvalue weighted by molar-refractivity contribution is -0.129. The highest BCUT2D eigenvalue weighted by atomic mass is 16.2. The van der Waals surface area contributed by atoms with E-state index in [0.717, 1.165) is 28.0 Å². The number of carbonyl (C=O) groups is 1. The SMILES string of the molecule is Cc1ccc2c(ccn2C)c1Nc1nccc2c1ccn2CC(=O)N(C)C. The van der Waals surface area contributed by atoms with Crippen LogP contribution in [0.2, 0.25) is 0 Å². The molecule has 6 nitrogen and oxygen atoms in total. The first kappa shape index (κ1) is 17.1. The number of benzene rings is 1. The second kappa shape index (κ2) is 6.46. The molecule has 0 atom stereocenters. The lowest BCUT2D eigenvalue weighted by Gasteiger charge is -2.13.